The number of carbonyl (C=O) groups is 1. The third-order valence-electron chi connectivity index (χ3n) is 5.14. The summed E-state index contributed by atoms with van der Waals surface area (Å²) in [5.74, 6) is 0.482. The Balaban J connectivity index is 2.39. The molecule has 1 saturated carbocycles. The Hall–Kier alpha value is 0.127. The van der Waals surface area contributed by atoms with Crippen molar-refractivity contribution in [3.8, 4) is 0 Å². The SMILES string of the molecule is CCOC(=O)C(Br)CC1CCC(O[Si](C)(C)C(C)(C)C)CC1. The summed E-state index contributed by atoms with van der Waals surface area (Å²) in [6.45, 7) is 13.8. The Labute approximate surface area is 145 Å². The summed E-state index contributed by atoms with van der Waals surface area (Å²) in [7, 11) is -1.66. The maximum Gasteiger partial charge on any atom is 0.319 e. The van der Waals surface area contributed by atoms with Gasteiger partial charge in [0.2, 0.25) is 0 Å². The first-order chi connectivity index (χ1) is 10.1. The van der Waals surface area contributed by atoms with Gasteiger partial charge >= 0.3 is 5.97 Å². The number of rotatable bonds is 6. The van der Waals surface area contributed by atoms with Gasteiger partial charge in [-0.3, -0.25) is 4.79 Å². The second-order valence-corrected chi connectivity index (χ2v) is 13.8. The van der Waals surface area contributed by atoms with Crippen molar-refractivity contribution in [2.24, 2.45) is 5.92 Å². The van der Waals surface area contributed by atoms with Crippen LogP contribution in [0.1, 0.15) is 59.8 Å². The molecule has 5 heteroatoms. The van der Waals surface area contributed by atoms with Crippen molar-refractivity contribution in [2.45, 2.75) is 88.9 Å². The van der Waals surface area contributed by atoms with E-state index in [1.54, 1.807) is 0 Å². The van der Waals surface area contributed by atoms with Gasteiger partial charge in [0.25, 0.3) is 0 Å². The highest BCUT2D eigenvalue weighted by Crippen LogP contribution is 2.40. The lowest BCUT2D eigenvalue weighted by Gasteiger charge is -2.41. The van der Waals surface area contributed by atoms with Crippen LogP contribution in [0.4, 0.5) is 0 Å². The Bertz CT molecular complexity index is 357. The van der Waals surface area contributed by atoms with Gasteiger partial charge in [-0.1, -0.05) is 36.7 Å². The van der Waals surface area contributed by atoms with Crippen molar-refractivity contribution in [2.75, 3.05) is 6.61 Å². The van der Waals surface area contributed by atoms with Crippen LogP contribution in [-0.4, -0.2) is 31.8 Å². The minimum atomic E-state index is -1.66. The number of hydrogen-bond donors (Lipinski definition) is 0. The van der Waals surface area contributed by atoms with Crippen molar-refractivity contribution in [3.05, 3.63) is 0 Å². The minimum absolute atomic E-state index is 0.123. The highest BCUT2D eigenvalue weighted by atomic mass is 79.9. The summed E-state index contributed by atoms with van der Waals surface area (Å²) in [4.78, 5) is 11.5. The monoisotopic (exact) mass is 392 g/mol. The molecule has 0 aromatic rings. The molecule has 1 rings (SSSR count). The van der Waals surface area contributed by atoms with Gasteiger partial charge in [0.05, 0.1) is 6.61 Å². The van der Waals surface area contributed by atoms with E-state index in [4.69, 9.17) is 9.16 Å². The highest BCUT2D eigenvalue weighted by Gasteiger charge is 2.40. The summed E-state index contributed by atoms with van der Waals surface area (Å²) < 4.78 is 11.6. The van der Waals surface area contributed by atoms with E-state index >= 15 is 0 Å². The number of hydrogen-bond acceptors (Lipinski definition) is 3. The van der Waals surface area contributed by atoms with Gasteiger partial charge in [-0.2, -0.15) is 0 Å². The molecule has 0 spiro atoms. The Kier molecular flexibility index (Phi) is 7.60. The Morgan fingerprint density at radius 1 is 1.23 bits per heavy atom. The molecular weight excluding hydrogens is 360 g/mol. The van der Waals surface area contributed by atoms with Crippen molar-refractivity contribution in [3.63, 3.8) is 0 Å². The predicted molar refractivity (Wildman–Crippen MR) is 98.0 cm³/mol. The lowest BCUT2D eigenvalue weighted by Crippen LogP contribution is -2.44. The lowest BCUT2D eigenvalue weighted by molar-refractivity contribution is -0.142. The number of ether oxygens (including phenoxy) is 1. The first-order valence-electron chi connectivity index (χ1n) is 8.55. The van der Waals surface area contributed by atoms with Crippen LogP contribution in [-0.2, 0) is 14.0 Å². The zero-order chi connectivity index (χ0) is 17.0. The molecule has 0 saturated heterocycles. The van der Waals surface area contributed by atoms with E-state index in [0.29, 0.717) is 18.6 Å². The molecule has 0 aliphatic heterocycles. The normalized spacial score (nSPS) is 24.9. The number of carbonyl (C=O) groups excluding carboxylic acids is 1. The van der Waals surface area contributed by atoms with Crippen LogP contribution in [0.25, 0.3) is 0 Å². The minimum Gasteiger partial charge on any atom is -0.465 e. The molecule has 22 heavy (non-hydrogen) atoms. The smallest absolute Gasteiger partial charge is 0.319 e. The number of esters is 1. The summed E-state index contributed by atoms with van der Waals surface area (Å²) >= 11 is 3.47. The molecular formula is C17H33BrO3Si. The Morgan fingerprint density at radius 2 is 1.77 bits per heavy atom. The quantitative estimate of drug-likeness (QED) is 0.350. The van der Waals surface area contributed by atoms with Crippen LogP contribution < -0.4 is 0 Å². The molecule has 0 N–H and O–H groups in total. The van der Waals surface area contributed by atoms with E-state index in [0.717, 1.165) is 32.1 Å². The van der Waals surface area contributed by atoms with Gasteiger partial charge in [0, 0.05) is 6.10 Å². The van der Waals surface area contributed by atoms with Gasteiger partial charge in [0.1, 0.15) is 4.83 Å². The van der Waals surface area contributed by atoms with Crippen molar-refractivity contribution in [1.29, 1.82) is 0 Å². The van der Waals surface area contributed by atoms with E-state index in [1.165, 1.54) is 0 Å². The van der Waals surface area contributed by atoms with E-state index in [1.807, 2.05) is 6.92 Å². The van der Waals surface area contributed by atoms with Gasteiger partial charge < -0.3 is 9.16 Å². The first-order valence-corrected chi connectivity index (χ1v) is 12.4. The maximum atomic E-state index is 11.7. The molecule has 1 atom stereocenters. The van der Waals surface area contributed by atoms with Crippen LogP contribution in [0.5, 0.6) is 0 Å². The van der Waals surface area contributed by atoms with Crippen molar-refractivity contribution < 1.29 is 14.0 Å². The van der Waals surface area contributed by atoms with E-state index in [-0.39, 0.29) is 15.8 Å². The molecule has 0 heterocycles. The molecule has 1 unspecified atom stereocenters. The number of alkyl halides is 1. The second kappa shape index (κ2) is 8.29. The lowest BCUT2D eigenvalue weighted by atomic mass is 9.84. The third kappa shape index (κ3) is 5.97. The van der Waals surface area contributed by atoms with Crippen LogP contribution in [0.2, 0.25) is 18.1 Å². The fourth-order valence-electron chi connectivity index (χ4n) is 2.70. The topological polar surface area (TPSA) is 35.5 Å². The summed E-state index contributed by atoms with van der Waals surface area (Å²) in [6, 6.07) is 0. The van der Waals surface area contributed by atoms with Crippen molar-refractivity contribution in [1.82, 2.24) is 0 Å². The van der Waals surface area contributed by atoms with Crippen LogP contribution in [0.15, 0.2) is 0 Å². The van der Waals surface area contributed by atoms with E-state index in [2.05, 4.69) is 49.8 Å². The molecule has 1 aliphatic carbocycles. The fourth-order valence-corrected chi connectivity index (χ4v) is 4.78. The predicted octanol–water partition coefficient (Wildman–Crippen LogP) is 5.28. The van der Waals surface area contributed by atoms with Gasteiger partial charge in [-0.05, 0) is 63.1 Å². The van der Waals surface area contributed by atoms with Gasteiger partial charge in [-0.25, -0.2) is 0 Å². The van der Waals surface area contributed by atoms with E-state index < -0.39 is 8.32 Å². The molecule has 0 aromatic heterocycles. The molecule has 0 amide bonds. The fraction of sp³-hybridized carbons (Fsp3) is 0.941. The van der Waals surface area contributed by atoms with E-state index in [9.17, 15) is 4.79 Å². The Morgan fingerprint density at radius 3 is 2.23 bits per heavy atom. The zero-order valence-electron chi connectivity index (χ0n) is 15.1. The zero-order valence-corrected chi connectivity index (χ0v) is 17.7. The van der Waals surface area contributed by atoms with Crippen LogP contribution in [0.3, 0.4) is 0 Å². The summed E-state index contributed by atoms with van der Waals surface area (Å²) in [6.07, 6.45) is 5.85. The van der Waals surface area contributed by atoms with Gasteiger partial charge in [0.15, 0.2) is 8.32 Å². The summed E-state index contributed by atoms with van der Waals surface area (Å²) in [5.41, 5.74) is 0. The molecule has 0 bridgehead atoms. The molecule has 130 valence electrons. The molecule has 0 radical (unpaired) electrons. The van der Waals surface area contributed by atoms with Crippen LogP contribution in [0, 0.1) is 5.92 Å². The average Bonchev–Trinajstić information content (AvgIpc) is 2.39. The summed E-state index contributed by atoms with van der Waals surface area (Å²) in [5, 5.41) is 0.273. The maximum absolute atomic E-state index is 11.7. The third-order valence-corrected chi connectivity index (χ3v) is 10.4. The molecule has 1 aliphatic rings. The standard InChI is InChI=1S/C17H33BrO3Si/c1-7-20-16(19)15(18)12-13-8-10-14(11-9-13)21-22(5,6)17(2,3)4/h13-15H,7-12H2,1-6H3. The second-order valence-electron chi connectivity index (χ2n) is 7.98. The number of halogens is 1. The first kappa shape index (κ1) is 20.2. The largest absolute Gasteiger partial charge is 0.465 e. The molecule has 3 nitrogen and oxygen atoms in total. The highest BCUT2D eigenvalue weighted by molar-refractivity contribution is 9.10. The van der Waals surface area contributed by atoms with Gasteiger partial charge in [-0.15, -0.1) is 0 Å². The van der Waals surface area contributed by atoms with Crippen molar-refractivity contribution >= 4 is 30.2 Å². The molecule has 0 aromatic carbocycles. The van der Waals surface area contributed by atoms with Crippen LogP contribution >= 0.6 is 15.9 Å². The molecule has 1 fully saturated rings. The average molecular weight is 393 g/mol.